The third-order valence-electron chi connectivity index (χ3n) is 9.90. The average Bonchev–Trinajstić information content (AvgIpc) is 3.22. The van der Waals surface area contributed by atoms with Crippen LogP contribution < -0.4 is 0 Å². The predicted octanol–water partition coefficient (Wildman–Crippen LogP) is 16.1. The molecule has 5 heteroatoms. The summed E-state index contributed by atoms with van der Waals surface area (Å²) >= 11 is 0. The number of allylic oxidation sites excluding steroid dienone is 14. The number of unbranched alkanes of at least 4 members (excludes halogenated alkanes) is 18. The van der Waals surface area contributed by atoms with Gasteiger partial charge in [0.25, 0.3) is 0 Å². The van der Waals surface area contributed by atoms with Crippen LogP contribution in [-0.2, 0) is 23.8 Å². The fourth-order valence-electron chi connectivity index (χ4n) is 6.35. The van der Waals surface area contributed by atoms with Gasteiger partial charge in [-0.2, -0.15) is 0 Å². The van der Waals surface area contributed by atoms with E-state index in [2.05, 4.69) is 106 Å². The van der Waals surface area contributed by atoms with E-state index in [-0.39, 0.29) is 25.2 Å². The lowest BCUT2D eigenvalue weighted by Gasteiger charge is -2.18. The lowest BCUT2D eigenvalue weighted by molar-refractivity contribution is -0.163. The molecule has 0 heterocycles. The standard InChI is InChI=1S/C53H90O5/c1-4-7-10-13-16-19-22-24-26-27-28-29-32-34-37-40-43-46-52(54)57-50-51(58-53(55)47-44-41-38-35-31-21-18-15-12-9-6-3)49-56-48-45-42-39-36-33-30-25-23-20-17-14-11-8-5-2/h7,10-11,14,16,19-20,23-24,26,28-29,34,37,51H,4-6,8-9,12-13,15,17-18,21-22,25,27,30-33,35-36,38-50H2,1-3H3/b10-7-,14-11-,19-16-,23-20-,26-24-,29-28-,37-34-. The van der Waals surface area contributed by atoms with Gasteiger partial charge >= 0.3 is 11.9 Å². The molecule has 58 heavy (non-hydrogen) atoms. The molecule has 0 aliphatic rings. The van der Waals surface area contributed by atoms with E-state index in [0.29, 0.717) is 19.4 Å². The Hall–Kier alpha value is -2.92. The molecule has 0 bridgehead atoms. The largest absolute Gasteiger partial charge is 0.462 e. The smallest absolute Gasteiger partial charge is 0.306 e. The molecule has 5 nitrogen and oxygen atoms in total. The molecule has 0 amide bonds. The van der Waals surface area contributed by atoms with E-state index in [1.165, 1.54) is 103 Å². The SMILES string of the molecule is CC/C=C\C/C=C\C/C=C\C/C=C\C/C=C\CCCC(=O)OCC(COCCCCCCCC/C=C\C/C=C\CCC)OC(=O)CCCCCCCCCCCCC. The van der Waals surface area contributed by atoms with Crippen molar-refractivity contribution < 1.29 is 23.8 Å². The Bertz CT molecular complexity index is 1090. The van der Waals surface area contributed by atoms with Crippen LogP contribution in [0.1, 0.15) is 213 Å². The minimum atomic E-state index is -0.565. The van der Waals surface area contributed by atoms with Crippen LogP contribution in [0.15, 0.2) is 85.1 Å². The first-order valence-corrected chi connectivity index (χ1v) is 24.1. The molecule has 0 spiro atoms. The Balaban J connectivity index is 4.36. The minimum absolute atomic E-state index is 0.0496. The molecule has 0 aliphatic heterocycles. The summed E-state index contributed by atoms with van der Waals surface area (Å²) in [7, 11) is 0. The summed E-state index contributed by atoms with van der Waals surface area (Å²) in [5.41, 5.74) is 0. The summed E-state index contributed by atoms with van der Waals surface area (Å²) in [5.74, 6) is -0.472. The molecule has 0 aromatic rings. The molecule has 0 aromatic heterocycles. The van der Waals surface area contributed by atoms with Crippen LogP contribution >= 0.6 is 0 Å². The van der Waals surface area contributed by atoms with Crippen molar-refractivity contribution in [1.82, 2.24) is 0 Å². The van der Waals surface area contributed by atoms with E-state index in [1.807, 2.05) is 0 Å². The normalized spacial score (nSPS) is 12.9. The summed E-state index contributed by atoms with van der Waals surface area (Å²) in [6, 6.07) is 0. The monoisotopic (exact) mass is 807 g/mol. The van der Waals surface area contributed by atoms with Crippen molar-refractivity contribution in [3.05, 3.63) is 85.1 Å². The predicted molar refractivity (Wildman–Crippen MR) is 251 cm³/mol. The van der Waals surface area contributed by atoms with Gasteiger partial charge in [0.2, 0.25) is 0 Å². The number of carbonyl (C=O) groups is 2. The average molecular weight is 807 g/mol. The molecule has 1 atom stereocenters. The second kappa shape index (κ2) is 48.4. The highest BCUT2D eigenvalue weighted by atomic mass is 16.6. The number of esters is 2. The van der Waals surface area contributed by atoms with Crippen LogP contribution in [0.4, 0.5) is 0 Å². The second-order valence-electron chi connectivity index (χ2n) is 15.6. The van der Waals surface area contributed by atoms with Gasteiger partial charge in [0.15, 0.2) is 6.10 Å². The van der Waals surface area contributed by atoms with Crippen molar-refractivity contribution in [1.29, 1.82) is 0 Å². The van der Waals surface area contributed by atoms with Gasteiger partial charge < -0.3 is 14.2 Å². The van der Waals surface area contributed by atoms with Crippen molar-refractivity contribution in [3.8, 4) is 0 Å². The van der Waals surface area contributed by atoms with Crippen molar-refractivity contribution in [2.24, 2.45) is 0 Å². The first kappa shape index (κ1) is 55.1. The summed E-state index contributed by atoms with van der Waals surface area (Å²) in [6.07, 6.45) is 63.0. The highest BCUT2D eigenvalue weighted by molar-refractivity contribution is 5.70. The molecule has 0 rings (SSSR count). The highest BCUT2D eigenvalue weighted by Gasteiger charge is 2.17. The number of hydrogen-bond acceptors (Lipinski definition) is 5. The molecule has 1 unspecified atom stereocenters. The highest BCUT2D eigenvalue weighted by Crippen LogP contribution is 2.13. The van der Waals surface area contributed by atoms with E-state index >= 15 is 0 Å². The second-order valence-corrected chi connectivity index (χ2v) is 15.6. The zero-order valence-electron chi connectivity index (χ0n) is 38.0. The Morgan fingerprint density at radius 3 is 1.36 bits per heavy atom. The molecule has 332 valence electrons. The van der Waals surface area contributed by atoms with E-state index in [0.717, 1.165) is 77.0 Å². The van der Waals surface area contributed by atoms with Gasteiger partial charge in [0.1, 0.15) is 6.61 Å². The van der Waals surface area contributed by atoms with E-state index < -0.39 is 6.10 Å². The summed E-state index contributed by atoms with van der Waals surface area (Å²) in [4.78, 5) is 25.3. The van der Waals surface area contributed by atoms with E-state index in [4.69, 9.17) is 14.2 Å². The molecule has 0 saturated heterocycles. The molecular weight excluding hydrogens is 717 g/mol. The zero-order chi connectivity index (χ0) is 42.1. The number of ether oxygens (including phenoxy) is 3. The molecule has 0 saturated carbocycles. The quantitative estimate of drug-likeness (QED) is 0.0349. The fraction of sp³-hybridized carbons (Fsp3) is 0.698. The lowest BCUT2D eigenvalue weighted by Crippen LogP contribution is -2.30. The maximum Gasteiger partial charge on any atom is 0.306 e. The lowest BCUT2D eigenvalue weighted by atomic mass is 10.1. The molecule has 0 N–H and O–H groups in total. The van der Waals surface area contributed by atoms with Gasteiger partial charge in [0.05, 0.1) is 6.61 Å². The van der Waals surface area contributed by atoms with Crippen molar-refractivity contribution in [2.75, 3.05) is 19.8 Å². The Morgan fingerprint density at radius 1 is 0.397 bits per heavy atom. The summed E-state index contributed by atoms with van der Waals surface area (Å²) in [5, 5.41) is 0. The first-order valence-electron chi connectivity index (χ1n) is 24.1. The van der Waals surface area contributed by atoms with Crippen LogP contribution in [0.5, 0.6) is 0 Å². The van der Waals surface area contributed by atoms with Gasteiger partial charge in [-0.05, 0) is 83.5 Å². The third-order valence-corrected chi connectivity index (χ3v) is 9.90. The Morgan fingerprint density at radius 2 is 0.828 bits per heavy atom. The van der Waals surface area contributed by atoms with Crippen LogP contribution in [0, 0.1) is 0 Å². The first-order chi connectivity index (χ1) is 28.6. The van der Waals surface area contributed by atoms with Crippen molar-refractivity contribution in [2.45, 2.75) is 219 Å². The number of hydrogen-bond donors (Lipinski definition) is 0. The maximum atomic E-state index is 12.7. The molecule has 0 aliphatic carbocycles. The van der Waals surface area contributed by atoms with Crippen molar-refractivity contribution in [3.63, 3.8) is 0 Å². The van der Waals surface area contributed by atoms with Crippen LogP contribution in [0.3, 0.4) is 0 Å². The minimum Gasteiger partial charge on any atom is -0.462 e. The number of rotatable bonds is 43. The molecular formula is C53H90O5. The van der Waals surface area contributed by atoms with Gasteiger partial charge in [-0.15, -0.1) is 0 Å². The topological polar surface area (TPSA) is 61.8 Å². The molecule has 0 radical (unpaired) electrons. The van der Waals surface area contributed by atoms with Crippen molar-refractivity contribution >= 4 is 11.9 Å². The molecule has 0 aromatic carbocycles. The Labute approximate surface area is 359 Å². The van der Waals surface area contributed by atoms with Crippen LogP contribution in [0.2, 0.25) is 0 Å². The number of carbonyl (C=O) groups excluding carboxylic acids is 2. The third kappa shape index (κ3) is 45.8. The van der Waals surface area contributed by atoms with Crippen LogP contribution in [0.25, 0.3) is 0 Å². The fourth-order valence-corrected chi connectivity index (χ4v) is 6.35. The van der Waals surface area contributed by atoms with Gasteiger partial charge in [0, 0.05) is 19.4 Å². The maximum absolute atomic E-state index is 12.7. The van der Waals surface area contributed by atoms with E-state index in [1.54, 1.807) is 0 Å². The van der Waals surface area contributed by atoms with Crippen LogP contribution in [-0.4, -0.2) is 37.9 Å². The van der Waals surface area contributed by atoms with Gasteiger partial charge in [-0.1, -0.05) is 202 Å². The summed E-state index contributed by atoms with van der Waals surface area (Å²) < 4.78 is 17.3. The summed E-state index contributed by atoms with van der Waals surface area (Å²) in [6.45, 7) is 7.56. The van der Waals surface area contributed by atoms with Gasteiger partial charge in [-0.3, -0.25) is 9.59 Å². The molecule has 0 fully saturated rings. The Kier molecular flexibility index (Phi) is 46.0. The van der Waals surface area contributed by atoms with E-state index in [9.17, 15) is 9.59 Å². The van der Waals surface area contributed by atoms with Gasteiger partial charge in [-0.25, -0.2) is 0 Å². The zero-order valence-corrected chi connectivity index (χ0v) is 38.0.